The Morgan fingerprint density at radius 1 is 1.46 bits per heavy atom. The first-order valence-electron chi connectivity index (χ1n) is 4.29. The van der Waals surface area contributed by atoms with Gasteiger partial charge in [-0.05, 0) is 6.42 Å². The molecule has 3 nitrogen and oxygen atoms in total. The van der Waals surface area contributed by atoms with Crippen molar-refractivity contribution in [3.8, 4) is 0 Å². The number of hydrogen-bond acceptors (Lipinski definition) is 3. The molecule has 13 heavy (non-hydrogen) atoms. The summed E-state index contributed by atoms with van der Waals surface area (Å²) in [5.41, 5.74) is 0.515. The number of carbonyl (C=O) groups is 1. The molecule has 0 unspecified atom stereocenters. The minimum atomic E-state index is -0.338. The summed E-state index contributed by atoms with van der Waals surface area (Å²) in [6.07, 6.45) is 2.90. The van der Waals surface area contributed by atoms with Gasteiger partial charge in [0.1, 0.15) is 13.2 Å². The van der Waals surface area contributed by atoms with E-state index in [9.17, 15) is 4.79 Å². The van der Waals surface area contributed by atoms with Gasteiger partial charge < -0.3 is 9.47 Å². The number of ether oxygens (including phenoxy) is 2. The van der Waals surface area contributed by atoms with Gasteiger partial charge >= 0.3 is 5.97 Å². The Morgan fingerprint density at radius 2 is 2.15 bits per heavy atom. The molecule has 0 fully saturated rings. The summed E-state index contributed by atoms with van der Waals surface area (Å²) in [7, 11) is 0. The van der Waals surface area contributed by atoms with Crippen LogP contribution < -0.4 is 0 Å². The van der Waals surface area contributed by atoms with Crippen LogP contribution in [0.25, 0.3) is 0 Å². The number of rotatable bonds is 7. The minimum Gasteiger partial charge on any atom is -0.498 e. The molecule has 0 rings (SSSR count). The van der Waals surface area contributed by atoms with Crippen LogP contribution in [0.3, 0.4) is 0 Å². The maximum absolute atomic E-state index is 11.1. The Bertz CT molecular complexity index is 185. The van der Waals surface area contributed by atoms with Crippen LogP contribution in [0.4, 0.5) is 0 Å². The molecule has 0 amide bonds. The molecular weight excluding hydrogens is 168 g/mol. The van der Waals surface area contributed by atoms with E-state index in [4.69, 9.17) is 9.47 Å². The van der Waals surface area contributed by atoms with Gasteiger partial charge in [-0.1, -0.05) is 26.5 Å². The zero-order chi connectivity index (χ0) is 10.1. The van der Waals surface area contributed by atoms with Gasteiger partial charge in [0.25, 0.3) is 0 Å². The quantitative estimate of drug-likeness (QED) is 0.263. The highest BCUT2D eigenvalue weighted by Gasteiger charge is 2.06. The SMILES string of the molecule is C=COCCOC(=O)C(=C)CCC. The molecule has 0 atom stereocenters. The number of esters is 1. The van der Waals surface area contributed by atoms with Gasteiger partial charge in [0, 0.05) is 5.57 Å². The van der Waals surface area contributed by atoms with Gasteiger partial charge in [0.05, 0.1) is 6.26 Å². The molecule has 0 aromatic carbocycles. The Morgan fingerprint density at radius 3 is 2.69 bits per heavy atom. The molecule has 0 bridgehead atoms. The largest absolute Gasteiger partial charge is 0.498 e. The standard InChI is InChI=1S/C10H16O3/c1-4-6-9(3)10(11)13-8-7-12-5-2/h5H,2-4,6-8H2,1H3. The normalized spacial score (nSPS) is 9.00. The van der Waals surface area contributed by atoms with E-state index in [0.29, 0.717) is 18.6 Å². The van der Waals surface area contributed by atoms with E-state index in [1.807, 2.05) is 6.92 Å². The summed E-state index contributed by atoms with van der Waals surface area (Å²) in [6.45, 7) is 9.54. The fourth-order valence-electron chi connectivity index (χ4n) is 0.772. The van der Waals surface area contributed by atoms with Gasteiger partial charge in [-0.3, -0.25) is 0 Å². The molecule has 0 spiro atoms. The highest BCUT2D eigenvalue weighted by atomic mass is 16.6. The molecule has 0 aromatic heterocycles. The van der Waals surface area contributed by atoms with Crippen LogP contribution in [0.1, 0.15) is 19.8 Å². The zero-order valence-electron chi connectivity index (χ0n) is 8.04. The lowest BCUT2D eigenvalue weighted by Gasteiger charge is -2.05. The molecule has 3 heteroatoms. The van der Waals surface area contributed by atoms with Crippen molar-refractivity contribution in [2.45, 2.75) is 19.8 Å². The molecule has 0 aliphatic rings. The Kier molecular flexibility index (Phi) is 6.69. The maximum Gasteiger partial charge on any atom is 0.333 e. The van der Waals surface area contributed by atoms with Crippen molar-refractivity contribution < 1.29 is 14.3 Å². The van der Waals surface area contributed by atoms with Crippen molar-refractivity contribution in [2.24, 2.45) is 0 Å². The molecule has 0 saturated heterocycles. The molecule has 0 aromatic rings. The highest BCUT2D eigenvalue weighted by molar-refractivity contribution is 5.87. The molecular formula is C10H16O3. The van der Waals surface area contributed by atoms with E-state index >= 15 is 0 Å². The second-order valence-corrected chi connectivity index (χ2v) is 2.53. The van der Waals surface area contributed by atoms with Crippen LogP contribution in [-0.4, -0.2) is 19.2 Å². The van der Waals surface area contributed by atoms with Crippen LogP contribution in [-0.2, 0) is 14.3 Å². The van der Waals surface area contributed by atoms with E-state index in [2.05, 4.69) is 13.2 Å². The molecule has 0 N–H and O–H groups in total. The second kappa shape index (κ2) is 7.40. The van der Waals surface area contributed by atoms with Crippen LogP contribution in [0, 0.1) is 0 Å². The summed E-state index contributed by atoms with van der Waals surface area (Å²) < 4.78 is 9.63. The monoisotopic (exact) mass is 184 g/mol. The van der Waals surface area contributed by atoms with E-state index in [-0.39, 0.29) is 12.6 Å². The van der Waals surface area contributed by atoms with Crippen molar-refractivity contribution in [3.63, 3.8) is 0 Å². The topological polar surface area (TPSA) is 35.5 Å². The molecule has 0 radical (unpaired) electrons. The third-order valence-electron chi connectivity index (χ3n) is 1.39. The summed E-state index contributed by atoms with van der Waals surface area (Å²) in [6, 6.07) is 0. The van der Waals surface area contributed by atoms with Crippen LogP contribution in [0.15, 0.2) is 25.0 Å². The van der Waals surface area contributed by atoms with Crippen molar-refractivity contribution in [1.82, 2.24) is 0 Å². The molecule has 0 aliphatic carbocycles. The fraction of sp³-hybridized carbons (Fsp3) is 0.500. The predicted octanol–water partition coefficient (Wildman–Crippen LogP) is 2.05. The maximum atomic E-state index is 11.1. The smallest absolute Gasteiger partial charge is 0.333 e. The summed E-state index contributed by atoms with van der Waals surface area (Å²) in [4.78, 5) is 11.1. The Labute approximate surface area is 79.0 Å². The predicted molar refractivity (Wildman–Crippen MR) is 51.2 cm³/mol. The van der Waals surface area contributed by atoms with Crippen molar-refractivity contribution >= 4 is 5.97 Å². The highest BCUT2D eigenvalue weighted by Crippen LogP contribution is 2.03. The van der Waals surface area contributed by atoms with E-state index < -0.39 is 0 Å². The van der Waals surface area contributed by atoms with Crippen molar-refractivity contribution in [1.29, 1.82) is 0 Å². The fourth-order valence-corrected chi connectivity index (χ4v) is 0.772. The second-order valence-electron chi connectivity index (χ2n) is 2.53. The van der Waals surface area contributed by atoms with Crippen LogP contribution >= 0.6 is 0 Å². The van der Waals surface area contributed by atoms with E-state index in [0.717, 1.165) is 6.42 Å². The summed E-state index contributed by atoms with van der Waals surface area (Å²) in [5.74, 6) is -0.338. The lowest BCUT2D eigenvalue weighted by molar-refractivity contribution is -0.140. The van der Waals surface area contributed by atoms with Crippen LogP contribution in [0.2, 0.25) is 0 Å². The van der Waals surface area contributed by atoms with Gasteiger partial charge in [-0.25, -0.2) is 4.79 Å². The average molecular weight is 184 g/mol. The third-order valence-corrected chi connectivity index (χ3v) is 1.39. The van der Waals surface area contributed by atoms with Gasteiger partial charge in [0.15, 0.2) is 0 Å². The number of hydrogen-bond donors (Lipinski definition) is 0. The van der Waals surface area contributed by atoms with Crippen LogP contribution in [0.5, 0.6) is 0 Å². The Hall–Kier alpha value is -1.25. The summed E-state index contributed by atoms with van der Waals surface area (Å²) >= 11 is 0. The molecule has 0 heterocycles. The molecule has 0 saturated carbocycles. The lowest BCUT2D eigenvalue weighted by atomic mass is 10.2. The minimum absolute atomic E-state index is 0.244. The van der Waals surface area contributed by atoms with E-state index in [1.165, 1.54) is 6.26 Å². The van der Waals surface area contributed by atoms with E-state index in [1.54, 1.807) is 0 Å². The first kappa shape index (κ1) is 11.8. The average Bonchev–Trinajstić information content (AvgIpc) is 2.12. The zero-order valence-corrected chi connectivity index (χ0v) is 8.04. The first-order chi connectivity index (χ1) is 6.22. The molecule has 74 valence electrons. The van der Waals surface area contributed by atoms with Gasteiger partial charge in [-0.15, -0.1) is 0 Å². The lowest BCUT2D eigenvalue weighted by Crippen LogP contribution is -2.10. The summed E-state index contributed by atoms with van der Waals surface area (Å²) in [5, 5.41) is 0. The van der Waals surface area contributed by atoms with Crippen molar-refractivity contribution in [3.05, 3.63) is 25.0 Å². The first-order valence-corrected chi connectivity index (χ1v) is 4.29. The number of carbonyl (C=O) groups excluding carboxylic acids is 1. The molecule has 0 aliphatic heterocycles. The third kappa shape index (κ3) is 5.96. The van der Waals surface area contributed by atoms with Crippen molar-refractivity contribution in [2.75, 3.05) is 13.2 Å². The van der Waals surface area contributed by atoms with Gasteiger partial charge in [0.2, 0.25) is 0 Å². The van der Waals surface area contributed by atoms with Gasteiger partial charge in [-0.2, -0.15) is 0 Å². The Balaban J connectivity index is 3.50.